The largest absolute Gasteiger partial charge is 0.373 e. The molecule has 0 radical (unpaired) electrons. The molecule has 0 unspecified atom stereocenters. The molecule has 3 aliphatic carbocycles. The maximum atomic E-state index is 8.45. The van der Waals surface area contributed by atoms with E-state index in [9.17, 15) is 0 Å². The standard InChI is InChI=1S/C28H47N3O6/c1-2-3-19-32-21-22(33-20-13-5-4-12-18-30-31-29)24-26(37-28(35-24)16-10-7-11-17-28)25-23(21)34-27(36-25)14-8-6-9-15-27/h21-26H,2-20H2,1H3/t21-,22-,23+,24+,25+,26-/m0/s1. The molecule has 0 bridgehead atoms. The van der Waals surface area contributed by atoms with Crippen LogP contribution in [0, 0.1) is 0 Å². The van der Waals surface area contributed by atoms with Crippen LogP contribution in [0.4, 0.5) is 0 Å². The van der Waals surface area contributed by atoms with Crippen molar-refractivity contribution in [2.75, 3.05) is 19.8 Å². The molecule has 0 amide bonds. The maximum Gasteiger partial charge on any atom is 0.169 e. The molecule has 5 aliphatic rings. The zero-order valence-corrected chi connectivity index (χ0v) is 22.7. The fraction of sp³-hybridized carbons (Fsp3) is 1.00. The lowest BCUT2D eigenvalue weighted by Crippen LogP contribution is -2.63. The van der Waals surface area contributed by atoms with Crippen molar-refractivity contribution >= 4 is 0 Å². The Hall–Kier alpha value is -0.930. The van der Waals surface area contributed by atoms with E-state index >= 15 is 0 Å². The molecule has 2 saturated heterocycles. The van der Waals surface area contributed by atoms with E-state index in [1.165, 1.54) is 12.8 Å². The molecule has 5 rings (SSSR count). The lowest BCUT2D eigenvalue weighted by Gasteiger charge is -2.42. The quantitative estimate of drug-likeness (QED) is 0.129. The Morgan fingerprint density at radius 1 is 0.676 bits per heavy atom. The number of rotatable bonds is 12. The summed E-state index contributed by atoms with van der Waals surface area (Å²) in [7, 11) is 0. The van der Waals surface area contributed by atoms with Gasteiger partial charge >= 0.3 is 0 Å². The van der Waals surface area contributed by atoms with Crippen LogP contribution < -0.4 is 0 Å². The van der Waals surface area contributed by atoms with Crippen molar-refractivity contribution < 1.29 is 28.4 Å². The fourth-order valence-electron chi connectivity index (χ4n) is 7.00. The molecule has 6 atom stereocenters. The van der Waals surface area contributed by atoms with E-state index in [4.69, 9.17) is 34.0 Å². The summed E-state index contributed by atoms with van der Waals surface area (Å²) in [6.07, 6.45) is 15.5. The van der Waals surface area contributed by atoms with Gasteiger partial charge in [-0.25, -0.2) is 0 Å². The third kappa shape index (κ3) is 6.29. The number of ether oxygens (including phenoxy) is 6. The van der Waals surface area contributed by atoms with E-state index in [0.717, 1.165) is 89.9 Å². The van der Waals surface area contributed by atoms with E-state index in [2.05, 4.69) is 16.9 Å². The van der Waals surface area contributed by atoms with Gasteiger partial charge in [0.15, 0.2) is 11.6 Å². The lowest BCUT2D eigenvalue weighted by atomic mass is 9.84. The van der Waals surface area contributed by atoms with Gasteiger partial charge in [0.1, 0.15) is 36.6 Å². The monoisotopic (exact) mass is 521 g/mol. The molecule has 0 aromatic heterocycles. The number of unbranched alkanes of at least 4 members (excludes halogenated alkanes) is 4. The molecule has 3 saturated carbocycles. The molecule has 2 heterocycles. The number of azide groups is 1. The first-order chi connectivity index (χ1) is 18.2. The molecule has 5 fully saturated rings. The van der Waals surface area contributed by atoms with Crippen molar-refractivity contribution in [1.82, 2.24) is 0 Å². The molecule has 9 heteroatoms. The van der Waals surface area contributed by atoms with Crippen molar-refractivity contribution in [1.29, 1.82) is 0 Å². The Morgan fingerprint density at radius 2 is 1.16 bits per heavy atom. The Bertz CT molecular complexity index is 765. The van der Waals surface area contributed by atoms with E-state index < -0.39 is 11.6 Å². The first-order valence-electron chi connectivity index (χ1n) is 15.1. The average molecular weight is 522 g/mol. The molecule has 9 nitrogen and oxygen atoms in total. The van der Waals surface area contributed by atoms with E-state index in [-0.39, 0.29) is 36.6 Å². The van der Waals surface area contributed by atoms with Gasteiger partial charge in [-0.05, 0) is 50.5 Å². The maximum absolute atomic E-state index is 8.45. The van der Waals surface area contributed by atoms with Crippen LogP contribution in [0.5, 0.6) is 0 Å². The predicted octanol–water partition coefficient (Wildman–Crippen LogP) is 6.33. The SMILES string of the molecule is CCCCO[C@H]1[C@H](OCCCCCCN=[N+]=[N-])[C@H]2OC3(CCCCC3)O[C@@H]2[C@@H]2OC3(CCCCC3)O[C@H]12. The van der Waals surface area contributed by atoms with Crippen LogP contribution >= 0.6 is 0 Å². The zero-order valence-electron chi connectivity index (χ0n) is 22.7. The zero-order chi connectivity index (χ0) is 25.6. The van der Waals surface area contributed by atoms with Crippen molar-refractivity contribution in [3.8, 4) is 0 Å². The second kappa shape index (κ2) is 12.9. The number of nitrogens with zero attached hydrogens (tertiary/aromatic N) is 3. The number of hydrogen-bond acceptors (Lipinski definition) is 7. The molecule has 0 aromatic rings. The summed E-state index contributed by atoms with van der Waals surface area (Å²) in [6, 6.07) is 0. The number of fused-ring (bicyclic) bond motifs is 3. The summed E-state index contributed by atoms with van der Waals surface area (Å²) in [5.74, 6) is -1.04. The van der Waals surface area contributed by atoms with Crippen molar-refractivity contribution in [2.45, 2.75) is 158 Å². The van der Waals surface area contributed by atoms with Crippen LogP contribution in [0.3, 0.4) is 0 Å². The fourth-order valence-corrected chi connectivity index (χ4v) is 7.00. The van der Waals surface area contributed by atoms with Crippen molar-refractivity contribution in [2.24, 2.45) is 5.11 Å². The highest BCUT2D eigenvalue weighted by atomic mass is 16.8. The van der Waals surface area contributed by atoms with Gasteiger partial charge in [-0.15, -0.1) is 0 Å². The van der Waals surface area contributed by atoms with Crippen LogP contribution in [-0.2, 0) is 28.4 Å². The van der Waals surface area contributed by atoms with Gasteiger partial charge in [0.05, 0.1) is 0 Å². The minimum absolute atomic E-state index is 0.184. The Morgan fingerprint density at radius 3 is 1.68 bits per heavy atom. The highest BCUT2D eigenvalue weighted by Crippen LogP contribution is 2.52. The van der Waals surface area contributed by atoms with Gasteiger partial charge in [-0.2, -0.15) is 0 Å². The third-order valence-electron chi connectivity index (χ3n) is 8.91. The van der Waals surface area contributed by atoms with Crippen molar-refractivity contribution in [3.63, 3.8) is 0 Å². The number of hydrogen-bond donors (Lipinski definition) is 0. The smallest absolute Gasteiger partial charge is 0.169 e. The minimum atomic E-state index is -0.523. The van der Waals surface area contributed by atoms with Gasteiger partial charge in [0.25, 0.3) is 0 Å². The molecule has 210 valence electrons. The minimum Gasteiger partial charge on any atom is -0.373 e. The topological polar surface area (TPSA) is 104 Å². The van der Waals surface area contributed by atoms with Crippen LogP contribution in [-0.4, -0.2) is 68.0 Å². The Kier molecular flexibility index (Phi) is 9.67. The Labute approximate surface area is 221 Å². The predicted molar refractivity (Wildman–Crippen MR) is 138 cm³/mol. The average Bonchev–Trinajstić information content (AvgIpc) is 3.46. The molecular formula is C28H47N3O6. The van der Waals surface area contributed by atoms with Gasteiger partial charge < -0.3 is 28.4 Å². The summed E-state index contributed by atoms with van der Waals surface area (Å²) in [4.78, 5) is 2.83. The molecule has 0 N–H and O–H groups in total. The second-order valence-electron chi connectivity index (χ2n) is 11.7. The molecule has 2 aliphatic heterocycles. The van der Waals surface area contributed by atoms with Crippen LogP contribution in [0.2, 0.25) is 0 Å². The summed E-state index contributed by atoms with van der Waals surface area (Å²) in [6.45, 7) is 4.07. The highest BCUT2D eigenvalue weighted by molar-refractivity contribution is 5.10. The summed E-state index contributed by atoms with van der Waals surface area (Å²) < 4.78 is 40.5. The normalized spacial score (nSPS) is 35.8. The van der Waals surface area contributed by atoms with Crippen LogP contribution in [0.1, 0.15) is 110 Å². The third-order valence-corrected chi connectivity index (χ3v) is 8.91. The second-order valence-corrected chi connectivity index (χ2v) is 11.7. The highest BCUT2D eigenvalue weighted by Gasteiger charge is 2.66. The molecule has 37 heavy (non-hydrogen) atoms. The lowest BCUT2D eigenvalue weighted by molar-refractivity contribution is -0.231. The summed E-state index contributed by atoms with van der Waals surface area (Å²) in [5.41, 5.74) is 8.45. The Balaban J connectivity index is 1.32. The van der Waals surface area contributed by atoms with E-state index in [1.807, 2.05) is 0 Å². The van der Waals surface area contributed by atoms with Gasteiger partial charge in [0, 0.05) is 50.4 Å². The van der Waals surface area contributed by atoms with E-state index in [1.54, 1.807) is 0 Å². The molecule has 2 spiro atoms. The van der Waals surface area contributed by atoms with Gasteiger partial charge in [-0.3, -0.25) is 0 Å². The molecular weight excluding hydrogens is 474 g/mol. The summed E-state index contributed by atoms with van der Waals surface area (Å²) in [5, 5.41) is 3.63. The first-order valence-corrected chi connectivity index (χ1v) is 15.1. The van der Waals surface area contributed by atoms with Gasteiger partial charge in [0.2, 0.25) is 0 Å². The summed E-state index contributed by atoms with van der Waals surface area (Å²) >= 11 is 0. The first kappa shape index (κ1) is 27.6. The molecule has 0 aromatic carbocycles. The van der Waals surface area contributed by atoms with Gasteiger partial charge in [-0.1, -0.05) is 44.1 Å². The van der Waals surface area contributed by atoms with Crippen LogP contribution in [0.25, 0.3) is 10.4 Å². The van der Waals surface area contributed by atoms with Crippen molar-refractivity contribution in [3.05, 3.63) is 10.4 Å². The van der Waals surface area contributed by atoms with E-state index in [0.29, 0.717) is 19.8 Å². The van der Waals surface area contributed by atoms with Crippen LogP contribution in [0.15, 0.2) is 5.11 Å².